The Morgan fingerprint density at radius 2 is 1.91 bits per heavy atom. The topological polar surface area (TPSA) is 26.3 Å². The summed E-state index contributed by atoms with van der Waals surface area (Å²) in [4.78, 5) is 12.6. The van der Waals surface area contributed by atoms with Gasteiger partial charge in [0.2, 0.25) is 0 Å². The number of allylic oxidation sites excluding steroid dienone is 2. The molecule has 0 fully saturated rings. The SMILES string of the molecule is COc1cc(C)cc2c1C(C)=C(c1cccc(Cl)c1)C(=O)C2. The Kier molecular flexibility index (Phi) is 3.79. The van der Waals surface area contributed by atoms with E-state index in [1.165, 1.54) is 0 Å². The highest BCUT2D eigenvalue weighted by molar-refractivity contribution is 6.33. The Hall–Kier alpha value is -2.06. The van der Waals surface area contributed by atoms with Crippen LogP contribution in [0.3, 0.4) is 0 Å². The molecule has 3 rings (SSSR count). The molecule has 0 aromatic heterocycles. The van der Waals surface area contributed by atoms with E-state index in [0.29, 0.717) is 11.4 Å². The molecule has 22 heavy (non-hydrogen) atoms. The fourth-order valence-corrected chi connectivity index (χ4v) is 3.36. The summed E-state index contributed by atoms with van der Waals surface area (Å²) >= 11 is 6.08. The molecule has 1 aliphatic carbocycles. The number of halogens is 1. The highest BCUT2D eigenvalue weighted by atomic mass is 35.5. The van der Waals surface area contributed by atoms with Gasteiger partial charge in [0.05, 0.1) is 7.11 Å². The molecule has 0 aliphatic heterocycles. The molecule has 2 aromatic rings. The molecule has 112 valence electrons. The lowest BCUT2D eigenvalue weighted by atomic mass is 9.81. The zero-order valence-corrected chi connectivity index (χ0v) is 13.6. The first-order chi connectivity index (χ1) is 10.5. The van der Waals surface area contributed by atoms with E-state index in [0.717, 1.165) is 39.1 Å². The number of hydrogen-bond donors (Lipinski definition) is 0. The van der Waals surface area contributed by atoms with Crippen molar-refractivity contribution in [2.45, 2.75) is 20.3 Å². The minimum atomic E-state index is 0.125. The third-order valence-electron chi connectivity index (χ3n) is 4.04. The van der Waals surface area contributed by atoms with Gasteiger partial charge >= 0.3 is 0 Å². The molecule has 1 aliphatic rings. The molecule has 0 unspecified atom stereocenters. The van der Waals surface area contributed by atoms with E-state index in [9.17, 15) is 4.79 Å². The number of hydrogen-bond acceptors (Lipinski definition) is 2. The first-order valence-electron chi connectivity index (χ1n) is 7.19. The van der Waals surface area contributed by atoms with E-state index >= 15 is 0 Å². The summed E-state index contributed by atoms with van der Waals surface area (Å²) in [6, 6.07) is 11.5. The van der Waals surface area contributed by atoms with Crippen LogP contribution in [0, 0.1) is 6.92 Å². The number of Topliss-reactive ketones (excluding diaryl/α,β-unsaturated/α-hetero) is 1. The molecule has 0 bridgehead atoms. The van der Waals surface area contributed by atoms with Gasteiger partial charge in [-0.1, -0.05) is 29.8 Å². The summed E-state index contributed by atoms with van der Waals surface area (Å²) in [5, 5.41) is 0.632. The van der Waals surface area contributed by atoms with Crippen molar-refractivity contribution in [2.75, 3.05) is 7.11 Å². The van der Waals surface area contributed by atoms with Gasteiger partial charge in [-0.2, -0.15) is 0 Å². The maximum Gasteiger partial charge on any atom is 0.168 e. The van der Waals surface area contributed by atoms with Crippen molar-refractivity contribution in [3.05, 3.63) is 63.7 Å². The van der Waals surface area contributed by atoms with Crippen molar-refractivity contribution >= 4 is 28.5 Å². The average Bonchev–Trinajstić information content (AvgIpc) is 2.45. The quantitative estimate of drug-likeness (QED) is 0.802. The predicted molar refractivity (Wildman–Crippen MR) is 90.4 cm³/mol. The normalized spacial score (nSPS) is 14.1. The van der Waals surface area contributed by atoms with Gasteiger partial charge in [-0.3, -0.25) is 4.79 Å². The second kappa shape index (κ2) is 5.62. The first kappa shape index (κ1) is 14.9. The first-order valence-corrected chi connectivity index (χ1v) is 7.57. The number of aryl methyl sites for hydroxylation is 1. The van der Waals surface area contributed by atoms with Gasteiger partial charge in [-0.05, 0) is 54.3 Å². The largest absolute Gasteiger partial charge is 0.496 e. The summed E-state index contributed by atoms with van der Waals surface area (Å²) in [6.45, 7) is 3.99. The number of ketones is 1. The van der Waals surface area contributed by atoms with Gasteiger partial charge in [-0.15, -0.1) is 0 Å². The molecule has 0 radical (unpaired) electrons. The lowest BCUT2D eigenvalue weighted by molar-refractivity contribution is -0.113. The summed E-state index contributed by atoms with van der Waals surface area (Å²) in [5.41, 5.74) is 5.71. The van der Waals surface area contributed by atoms with E-state index in [1.807, 2.05) is 44.2 Å². The van der Waals surface area contributed by atoms with Crippen LogP contribution in [0.1, 0.15) is 29.2 Å². The summed E-state index contributed by atoms with van der Waals surface area (Å²) < 4.78 is 5.54. The average molecular weight is 313 g/mol. The summed E-state index contributed by atoms with van der Waals surface area (Å²) in [6.07, 6.45) is 0.395. The fraction of sp³-hybridized carbons (Fsp3) is 0.211. The number of methoxy groups -OCH3 is 1. The summed E-state index contributed by atoms with van der Waals surface area (Å²) in [5.74, 6) is 0.944. The highest BCUT2D eigenvalue weighted by Crippen LogP contribution is 2.40. The lowest BCUT2D eigenvalue weighted by Gasteiger charge is -2.23. The summed E-state index contributed by atoms with van der Waals surface area (Å²) in [7, 11) is 1.66. The highest BCUT2D eigenvalue weighted by Gasteiger charge is 2.27. The number of benzene rings is 2. The van der Waals surface area contributed by atoms with Crippen LogP contribution >= 0.6 is 11.6 Å². The predicted octanol–water partition coefficient (Wildman–Crippen LogP) is 4.71. The maximum absolute atomic E-state index is 12.6. The van der Waals surface area contributed by atoms with Gasteiger partial charge in [0.25, 0.3) is 0 Å². The third kappa shape index (κ3) is 2.44. The van der Waals surface area contributed by atoms with E-state index in [1.54, 1.807) is 7.11 Å². The molecular formula is C19H17ClO2. The van der Waals surface area contributed by atoms with Crippen LogP contribution in [0.25, 0.3) is 11.1 Å². The number of carbonyl (C=O) groups is 1. The zero-order valence-electron chi connectivity index (χ0n) is 12.9. The van der Waals surface area contributed by atoms with Crippen molar-refractivity contribution in [1.29, 1.82) is 0 Å². The van der Waals surface area contributed by atoms with Crippen LogP contribution in [-0.2, 0) is 11.2 Å². The van der Waals surface area contributed by atoms with Crippen molar-refractivity contribution < 1.29 is 9.53 Å². The van der Waals surface area contributed by atoms with Crippen LogP contribution in [0.15, 0.2) is 36.4 Å². The Morgan fingerprint density at radius 3 is 2.59 bits per heavy atom. The minimum absolute atomic E-state index is 0.125. The molecule has 0 saturated heterocycles. The van der Waals surface area contributed by atoms with Crippen LogP contribution in [0.4, 0.5) is 0 Å². The van der Waals surface area contributed by atoms with Gasteiger partial charge in [0.1, 0.15) is 5.75 Å². The monoisotopic (exact) mass is 312 g/mol. The lowest BCUT2D eigenvalue weighted by Crippen LogP contribution is -2.15. The van der Waals surface area contributed by atoms with Crippen LogP contribution in [0.5, 0.6) is 5.75 Å². The van der Waals surface area contributed by atoms with Crippen LogP contribution in [-0.4, -0.2) is 12.9 Å². The second-order valence-corrected chi connectivity index (χ2v) is 6.05. The Morgan fingerprint density at radius 1 is 1.14 bits per heavy atom. The minimum Gasteiger partial charge on any atom is -0.496 e. The third-order valence-corrected chi connectivity index (χ3v) is 4.28. The fourth-order valence-electron chi connectivity index (χ4n) is 3.17. The van der Waals surface area contributed by atoms with Crippen molar-refractivity contribution in [1.82, 2.24) is 0 Å². The van der Waals surface area contributed by atoms with Crippen LogP contribution < -0.4 is 4.74 Å². The van der Waals surface area contributed by atoms with Crippen LogP contribution in [0.2, 0.25) is 5.02 Å². The molecule has 0 saturated carbocycles. The molecule has 0 amide bonds. The number of rotatable bonds is 2. The standard InChI is InChI=1S/C19H17ClO2/c1-11-7-14-10-16(21)18(13-5-4-6-15(20)9-13)12(2)19(14)17(8-11)22-3/h4-9H,10H2,1-3H3. The molecule has 0 heterocycles. The molecule has 2 aromatic carbocycles. The number of ether oxygens (including phenoxy) is 1. The van der Waals surface area contributed by atoms with E-state index in [4.69, 9.17) is 16.3 Å². The van der Waals surface area contributed by atoms with Crippen molar-refractivity contribution in [2.24, 2.45) is 0 Å². The second-order valence-electron chi connectivity index (χ2n) is 5.61. The Balaban J connectivity index is 2.27. The molecule has 3 heteroatoms. The van der Waals surface area contributed by atoms with E-state index < -0.39 is 0 Å². The van der Waals surface area contributed by atoms with E-state index in [-0.39, 0.29) is 5.78 Å². The number of carbonyl (C=O) groups excluding carboxylic acids is 1. The van der Waals surface area contributed by atoms with Gasteiger partial charge in [0.15, 0.2) is 5.78 Å². The maximum atomic E-state index is 12.6. The van der Waals surface area contributed by atoms with E-state index in [2.05, 4.69) is 6.07 Å². The molecule has 0 spiro atoms. The van der Waals surface area contributed by atoms with Gasteiger partial charge in [-0.25, -0.2) is 0 Å². The van der Waals surface area contributed by atoms with Gasteiger partial charge < -0.3 is 4.74 Å². The molecule has 0 atom stereocenters. The molecular weight excluding hydrogens is 296 g/mol. The smallest absolute Gasteiger partial charge is 0.168 e. The van der Waals surface area contributed by atoms with Gasteiger partial charge in [0, 0.05) is 22.6 Å². The van der Waals surface area contributed by atoms with Crippen molar-refractivity contribution in [3.63, 3.8) is 0 Å². The zero-order chi connectivity index (χ0) is 15.9. The Labute approximate surface area is 135 Å². The van der Waals surface area contributed by atoms with Crippen molar-refractivity contribution in [3.8, 4) is 5.75 Å². The Bertz CT molecular complexity index is 803. The molecule has 0 N–H and O–H groups in total. The molecule has 2 nitrogen and oxygen atoms in total. The number of fused-ring (bicyclic) bond motifs is 1.